The summed E-state index contributed by atoms with van der Waals surface area (Å²) < 4.78 is 5.51. The number of anilines is 1. The average Bonchev–Trinajstić information content (AvgIpc) is 2.85. The standard InChI is InChI=1S/C22H25N7O/c1-2-17(15-23-6-1)20-14-21(27-22(26-20)19-3-7-24-16-25-19)29-8-4-18(5-9-29)28-10-12-30-13-11-28/h1-3,6-7,14-16,18H,4-5,8-13H2. The van der Waals surface area contributed by atoms with Crippen molar-refractivity contribution in [2.75, 3.05) is 44.3 Å². The fourth-order valence-electron chi connectivity index (χ4n) is 4.20. The topological polar surface area (TPSA) is 80.2 Å². The van der Waals surface area contributed by atoms with E-state index in [0.717, 1.165) is 75.0 Å². The molecule has 30 heavy (non-hydrogen) atoms. The monoisotopic (exact) mass is 403 g/mol. The van der Waals surface area contributed by atoms with Gasteiger partial charge in [-0.3, -0.25) is 9.88 Å². The van der Waals surface area contributed by atoms with Gasteiger partial charge in [0.2, 0.25) is 0 Å². The van der Waals surface area contributed by atoms with Crippen LogP contribution in [0.2, 0.25) is 0 Å². The second kappa shape index (κ2) is 8.81. The van der Waals surface area contributed by atoms with E-state index in [0.29, 0.717) is 11.9 Å². The predicted molar refractivity (Wildman–Crippen MR) is 114 cm³/mol. The first kappa shape index (κ1) is 19.0. The van der Waals surface area contributed by atoms with Gasteiger partial charge in [0.05, 0.1) is 18.9 Å². The lowest BCUT2D eigenvalue weighted by Gasteiger charge is -2.40. The van der Waals surface area contributed by atoms with Gasteiger partial charge in [0.1, 0.15) is 17.8 Å². The van der Waals surface area contributed by atoms with Crippen LogP contribution in [-0.4, -0.2) is 75.3 Å². The van der Waals surface area contributed by atoms with E-state index in [1.165, 1.54) is 6.33 Å². The van der Waals surface area contributed by atoms with Crippen molar-refractivity contribution in [3.63, 3.8) is 0 Å². The number of aromatic nitrogens is 5. The quantitative estimate of drug-likeness (QED) is 0.657. The summed E-state index contributed by atoms with van der Waals surface area (Å²) in [7, 11) is 0. The molecule has 5 heterocycles. The van der Waals surface area contributed by atoms with Gasteiger partial charge in [-0.1, -0.05) is 0 Å². The van der Waals surface area contributed by atoms with Crippen molar-refractivity contribution in [3.8, 4) is 22.8 Å². The van der Waals surface area contributed by atoms with Gasteiger partial charge in [-0.15, -0.1) is 0 Å². The molecule has 0 N–H and O–H groups in total. The lowest BCUT2D eigenvalue weighted by molar-refractivity contribution is 0.0115. The summed E-state index contributed by atoms with van der Waals surface area (Å²) in [4.78, 5) is 27.2. The van der Waals surface area contributed by atoms with Crippen LogP contribution in [0.3, 0.4) is 0 Å². The van der Waals surface area contributed by atoms with Crippen LogP contribution in [0.4, 0.5) is 5.82 Å². The molecule has 0 amide bonds. The Balaban J connectivity index is 1.41. The van der Waals surface area contributed by atoms with E-state index in [1.807, 2.05) is 24.4 Å². The molecule has 0 bridgehead atoms. The van der Waals surface area contributed by atoms with Crippen LogP contribution in [0.15, 0.2) is 49.2 Å². The lowest BCUT2D eigenvalue weighted by Crippen LogP contribution is -2.49. The van der Waals surface area contributed by atoms with Crippen molar-refractivity contribution in [1.29, 1.82) is 0 Å². The van der Waals surface area contributed by atoms with Crippen LogP contribution >= 0.6 is 0 Å². The summed E-state index contributed by atoms with van der Waals surface area (Å²) in [5.74, 6) is 1.56. The van der Waals surface area contributed by atoms with Gasteiger partial charge in [0, 0.05) is 62.4 Å². The third-order valence-electron chi connectivity index (χ3n) is 5.83. The number of hydrogen-bond donors (Lipinski definition) is 0. The average molecular weight is 403 g/mol. The molecule has 8 nitrogen and oxygen atoms in total. The normalized spacial score (nSPS) is 18.5. The molecule has 0 atom stereocenters. The van der Waals surface area contributed by atoms with Crippen LogP contribution in [0.25, 0.3) is 22.8 Å². The lowest BCUT2D eigenvalue weighted by atomic mass is 10.0. The van der Waals surface area contributed by atoms with Crippen LogP contribution in [0.1, 0.15) is 12.8 Å². The molecule has 0 radical (unpaired) electrons. The Kier molecular flexibility index (Phi) is 5.58. The molecule has 154 valence electrons. The highest BCUT2D eigenvalue weighted by Gasteiger charge is 2.27. The van der Waals surface area contributed by atoms with Crippen molar-refractivity contribution in [2.24, 2.45) is 0 Å². The second-order valence-electron chi connectivity index (χ2n) is 7.64. The fraction of sp³-hybridized carbons (Fsp3) is 0.409. The largest absolute Gasteiger partial charge is 0.379 e. The molecule has 0 saturated carbocycles. The van der Waals surface area contributed by atoms with Gasteiger partial charge >= 0.3 is 0 Å². The third-order valence-corrected chi connectivity index (χ3v) is 5.83. The SMILES string of the molecule is c1cncc(-c2cc(N3CCC(N4CCOCC4)CC3)nc(-c3ccncn3)n2)c1. The van der Waals surface area contributed by atoms with Crippen molar-refractivity contribution in [1.82, 2.24) is 29.8 Å². The molecule has 0 aromatic carbocycles. The van der Waals surface area contributed by atoms with Crippen LogP contribution < -0.4 is 4.90 Å². The Morgan fingerprint density at radius 1 is 0.900 bits per heavy atom. The van der Waals surface area contributed by atoms with E-state index in [9.17, 15) is 0 Å². The Labute approximate surface area is 176 Å². The highest BCUT2D eigenvalue weighted by molar-refractivity contribution is 5.66. The summed E-state index contributed by atoms with van der Waals surface area (Å²) >= 11 is 0. The molecule has 3 aromatic rings. The molecule has 2 fully saturated rings. The molecule has 0 spiro atoms. The summed E-state index contributed by atoms with van der Waals surface area (Å²) in [6, 6.07) is 8.49. The zero-order valence-corrected chi connectivity index (χ0v) is 16.9. The van der Waals surface area contributed by atoms with Crippen molar-refractivity contribution < 1.29 is 4.74 Å². The Morgan fingerprint density at radius 3 is 2.50 bits per heavy atom. The minimum Gasteiger partial charge on any atom is -0.379 e. The number of hydrogen-bond acceptors (Lipinski definition) is 8. The number of rotatable bonds is 4. The van der Waals surface area contributed by atoms with Gasteiger partial charge in [-0.05, 0) is 31.0 Å². The Hall–Kier alpha value is -2.97. The molecule has 2 aliphatic heterocycles. The second-order valence-corrected chi connectivity index (χ2v) is 7.64. The van der Waals surface area contributed by atoms with Crippen molar-refractivity contribution in [2.45, 2.75) is 18.9 Å². The molecule has 5 rings (SSSR count). The van der Waals surface area contributed by atoms with E-state index in [-0.39, 0.29) is 0 Å². The fourth-order valence-corrected chi connectivity index (χ4v) is 4.20. The third kappa shape index (κ3) is 4.15. The highest BCUT2D eigenvalue weighted by Crippen LogP contribution is 2.27. The van der Waals surface area contributed by atoms with Gasteiger partial charge < -0.3 is 9.64 Å². The minimum atomic E-state index is 0.615. The number of piperidine rings is 1. The van der Waals surface area contributed by atoms with Crippen molar-refractivity contribution >= 4 is 5.82 Å². The molecular formula is C22H25N7O. The number of nitrogens with zero attached hydrogens (tertiary/aromatic N) is 7. The number of pyridine rings is 1. The summed E-state index contributed by atoms with van der Waals surface area (Å²) in [5.41, 5.74) is 2.55. The first-order valence-electron chi connectivity index (χ1n) is 10.5. The number of ether oxygens (including phenoxy) is 1. The van der Waals surface area contributed by atoms with Gasteiger partial charge in [0.15, 0.2) is 5.82 Å². The maximum absolute atomic E-state index is 5.51. The van der Waals surface area contributed by atoms with Crippen LogP contribution in [-0.2, 0) is 4.74 Å². The smallest absolute Gasteiger partial charge is 0.180 e. The van der Waals surface area contributed by atoms with E-state index < -0.39 is 0 Å². The first-order chi connectivity index (χ1) is 14.9. The number of morpholine rings is 1. The van der Waals surface area contributed by atoms with E-state index in [4.69, 9.17) is 14.7 Å². The van der Waals surface area contributed by atoms with Gasteiger partial charge in [0.25, 0.3) is 0 Å². The molecule has 2 saturated heterocycles. The van der Waals surface area contributed by atoms with Crippen LogP contribution in [0, 0.1) is 0 Å². The maximum atomic E-state index is 5.51. The summed E-state index contributed by atoms with van der Waals surface area (Å²) in [6.45, 7) is 5.75. The highest BCUT2D eigenvalue weighted by atomic mass is 16.5. The molecule has 2 aliphatic rings. The molecule has 0 aliphatic carbocycles. The summed E-state index contributed by atoms with van der Waals surface area (Å²) in [5, 5.41) is 0. The first-order valence-corrected chi connectivity index (χ1v) is 10.5. The zero-order chi connectivity index (χ0) is 20.2. The van der Waals surface area contributed by atoms with E-state index in [2.05, 4.69) is 30.8 Å². The molecule has 0 unspecified atom stereocenters. The molecular weight excluding hydrogens is 378 g/mol. The molecule has 8 heteroatoms. The summed E-state index contributed by atoms with van der Waals surface area (Å²) in [6.07, 6.45) is 9.12. The maximum Gasteiger partial charge on any atom is 0.180 e. The Morgan fingerprint density at radius 2 is 1.77 bits per heavy atom. The van der Waals surface area contributed by atoms with Gasteiger partial charge in [-0.2, -0.15) is 0 Å². The zero-order valence-electron chi connectivity index (χ0n) is 16.9. The Bertz CT molecular complexity index is 898. The van der Waals surface area contributed by atoms with E-state index >= 15 is 0 Å². The molecule has 3 aromatic heterocycles. The minimum absolute atomic E-state index is 0.615. The van der Waals surface area contributed by atoms with Gasteiger partial charge in [-0.25, -0.2) is 19.9 Å². The predicted octanol–water partition coefficient (Wildman–Crippen LogP) is 2.30. The van der Waals surface area contributed by atoms with Crippen molar-refractivity contribution in [3.05, 3.63) is 49.2 Å². The van der Waals surface area contributed by atoms with E-state index in [1.54, 1.807) is 12.4 Å². The van der Waals surface area contributed by atoms with Crippen LogP contribution in [0.5, 0.6) is 0 Å².